The van der Waals surface area contributed by atoms with Gasteiger partial charge in [-0.3, -0.25) is 9.69 Å². The topological polar surface area (TPSA) is 58.4 Å². The van der Waals surface area contributed by atoms with Crippen LogP contribution in [0.4, 0.5) is 0 Å². The van der Waals surface area contributed by atoms with Crippen molar-refractivity contribution < 1.29 is 4.79 Å². The molecule has 2 saturated heterocycles. The van der Waals surface area contributed by atoms with Crippen molar-refractivity contribution in [3.8, 4) is 0 Å². The lowest BCUT2D eigenvalue weighted by atomic mass is 9.96. The summed E-state index contributed by atoms with van der Waals surface area (Å²) >= 11 is 0. The molecule has 0 saturated carbocycles. The molecule has 0 aromatic rings. The normalized spacial score (nSPS) is 31.7. The van der Waals surface area contributed by atoms with Gasteiger partial charge in [0.15, 0.2) is 0 Å². The maximum atomic E-state index is 12.1. The molecule has 18 heavy (non-hydrogen) atoms. The highest BCUT2D eigenvalue weighted by molar-refractivity contribution is 5.82. The minimum atomic E-state index is -0.354. The summed E-state index contributed by atoms with van der Waals surface area (Å²) < 4.78 is 0. The van der Waals surface area contributed by atoms with Crippen molar-refractivity contribution in [2.24, 2.45) is 11.7 Å². The zero-order chi connectivity index (χ0) is 13.1. The average molecular weight is 253 g/mol. The smallest absolute Gasteiger partial charge is 0.237 e. The van der Waals surface area contributed by atoms with Crippen LogP contribution < -0.4 is 11.1 Å². The number of nitrogens with two attached hydrogens (primary N) is 1. The van der Waals surface area contributed by atoms with Gasteiger partial charge < -0.3 is 11.1 Å². The molecule has 4 nitrogen and oxygen atoms in total. The van der Waals surface area contributed by atoms with E-state index in [4.69, 9.17) is 5.73 Å². The first-order valence-electron chi connectivity index (χ1n) is 7.43. The average Bonchev–Trinajstić information content (AvgIpc) is 2.80. The molecule has 0 radical (unpaired) electrons. The lowest BCUT2D eigenvalue weighted by molar-refractivity contribution is -0.124. The van der Waals surface area contributed by atoms with Gasteiger partial charge in [-0.2, -0.15) is 0 Å². The molecular formula is C14H27N3O. The first-order chi connectivity index (χ1) is 8.63. The van der Waals surface area contributed by atoms with E-state index in [0.29, 0.717) is 12.1 Å². The van der Waals surface area contributed by atoms with E-state index in [1.165, 1.54) is 25.8 Å². The third-order valence-corrected chi connectivity index (χ3v) is 4.74. The van der Waals surface area contributed by atoms with Gasteiger partial charge in [0.2, 0.25) is 5.91 Å². The highest BCUT2D eigenvalue weighted by atomic mass is 16.2. The van der Waals surface area contributed by atoms with Gasteiger partial charge in [-0.05, 0) is 31.7 Å². The minimum absolute atomic E-state index is 0.0433. The summed E-state index contributed by atoms with van der Waals surface area (Å²) in [5.41, 5.74) is 5.99. The van der Waals surface area contributed by atoms with Crippen LogP contribution in [0.25, 0.3) is 0 Å². The summed E-state index contributed by atoms with van der Waals surface area (Å²) in [5, 5.41) is 3.19. The Morgan fingerprint density at radius 1 is 1.39 bits per heavy atom. The Labute approximate surface area is 110 Å². The monoisotopic (exact) mass is 253 g/mol. The van der Waals surface area contributed by atoms with Crippen molar-refractivity contribution in [1.82, 2.24) is 10.2 Å². The fraction of sp³-hybridized carbons (Fsp3) is 0.929. The van der Waals surface area contributed by atoms with Gasteiger partial charge in [-0.15, -0.1) is 0 Å². The van der Waals surface area contributed by atoms with Crippen molar-refractivity contribution in [3.05, 3.63) is 0 Å². The molecule has 1 amide bonds. The highest BCUT2D eigenvalue weighted by Crippen LogP contribution is 2.27. The molecule has 104 valence electrons. The molecular weight excluding hydrogens is 226 g/mol. The minimum Gasteiger partial charge on any atom is -0.350 e. The van der Waals surface area contributed by atoms with E-state index in [2.05, 4.69) is 17.1 Å². The Morgan fingerprint density at radius 2 is 2.17 bits per heavy atom. The maximum Gasteiger partial charge on any atom is 0.237 e. The van der Waals surface area contributed by atoms with Crippen molar-refractivity contribution in [2.75, 3.05) is 13.1 Å². The molecule has 2 heterocycles. The van der Waals surface area contributed by atoms with E-state index in [1.54, 1.807) is 0 Å². The number of carbonyl (C=O) groups is 1. The number of amides is 1. The number of rotatable bonds is 4. The van der Waals surface area contributed by atoms with E-state index in [0.717, 1.165) is 19.4 Å². The molecule has 2 fully saturated rings. The maximum absolute atomic E-state index is 12.1. The Kier molecular flexibility index (Phi) is 4.62. The van der Waals surface area contributed by atoms with Gasteiger partial charge >= 0.3 is 0 Å². The van der Waals surface area contributed by atoms with Crippen LogP contribution in [-0.2, 0) is 4.79 Å². The predicted octanol–water partition coefficient (Wildman–Crippen LogP) is 1.10. The second-order valence-electron chi connectivity index (χ2n) is 5.91. The molecule has 3 unspecified atom stereocenters. The van der Waals surface area contributed by atoms with Crippen LogP contribution in [0.15, 0.2) is 0 Å². The molecule has 2 rings (SSSR count). The number of hydrogen-bond donors (Lipinski definition) is 2. The van der Waals surface area contributed by atoms with Gasteiger partial charge in [-0.1, -0.05) is 26.7 Å². The number of nitrogens with zero attached hydrogens (tertiary/aromatic N) is 1. The van der Waals surface area contributed by atoms with Gasteiger partial charge in [-0.25, -0.2) is 0 Å². The predicted molar refractivity (Wildman–Crippen MR) is 73.2 cm³/mol. The summed E-state index contributed by atoms with van der Waals surface area (Å²) in [5.74, 6) is 0.302. The molecule has 0 spiro atoms. The molecule has 4 heteroatoms. The van der Waals surface area contributed by atoms with Crippen LogP contribution in [0.1, 0.15) is 46.0 Å². The second kappa shape index (κ2) is 6.02. The van der Waals surface area contributed by atoms with Gasteiger partial charge in [0.1, 0.15) is 0 Å². The molecule has 0 bridgehead atoms. The number of fused-ring (bicyclic) bond motifs is 1. The molecule has 4 atom stereocenters. The zero-order valence-electron chi connectivity index (χ0n) is 11.7. The summed E-state index contributed by atoms with van der Waals surface area (Å²) in [6, 6.07) is 0.535. The van der Waals surface area contributed by atoms with Crippen LogP contribution >= 0.6 is 0 Å². The number of carbonyl (C=O) groups excluding carboxylic acids is 1. The van der Waals surface area contributed by atoms with Gasteiger partial charge in [0.25, 0.3) is 0 Å². The van der Waals surface area contributed by atoms with Crippen molar-refractivity contribution in [3.63, 3.8) is 0 Å². The Morgan fingerprint density at radius 3 is 2.89 bits per heavy atom. The van der Waals surface area contributed by atoms with Crippen LogP contribution in [0.2, 0.25) is 0 Å². The first-order valence-corrected chi connectivity index (χ1v) is 7.43. The van der Waals surface area contributed by atoms with E-state index >= 15 is 0 Å². The second-order valence-corrected chi connectivity index (χ2v) is 5.91. The van der Waals surface area contributed by atoms with Crippen LogP contribution in [0.3, 0.4) is 0 Å². The number of nitrogens with one attached hydrogen (secondary N) is 1. The summed E-state index contributed by atoms with van der Waals surface area (Å²) in [4.78, 5) is 14.7. The SMILES string of the molecule is CCC(C)[C@H](N)C(=O)NC1CCN2CCCCC12. The zero-order valence-corrected chi connectivity index (χ0v) is 11.7. The number of hydrogen-bond acceptors (Lipinski definition) is 3. The van der Waals surface area contributed by atoms with Gasteiger partial charge in [0, 0.05) is 18.6 Å². The quantitative estimate of drug-likeness (QED) is 0.789. The van der Waals surface area contributed by atoms with E-state index < -0.39 is 0 Å². The van der Waals surface area contributed by atoms with E-state index in [9.17, 15) is 4.79 Å². The first kappa shape index (κ1) is 13.8. The lowest BCUT2D eigenvalue weighted by Gasteiger charge is -2.33. The summed E-state index contributed by atoms with van der Waals surface area (Å²) in [6.45, 7) is 6.46. The molecule has 0 aromatic carbocycles. The van der Waals surface area contributed by atoms with Gasteiger partial charge in [0.05, 0.1) is 6.04 Å². The van der Waals surface area contributed by atoms with Crippen molar-refractivity contribution >= 4 is 5.91 Å². The summed E-state index contributed by atoms with van der Waals surface area (Å²) in [7, 11) is 0. The number of piperidine rings is 1. The molecule has 2 aliphatic heterocycles. The van der Waals surface area contributed by atoms with Crippen molar-refractivity contribution in [1.29, 1.82) is 0 Å². The van der Waals surface area contributed by atoms with Crippen LogP contribution in [0, 0.1) is 5.92 Å². The largest absolute Gasteiger partial charge is 0.350 e. The Balaban J connectivity index is 1.87. The highest BCUT2D eigenvalue weighted by Gasteiger charge is 2.37. The standard InChI is InChI=1S/C14H27N3O/c1-3-10(2)13(15)14(18)16-11-7-9-17-8-5-4-6-12(11)17/h10-13H,3-9,15H2,1-2H3,(H,16,18)/t10?,11?,12?,13-/m0/s1. The third kappa shape index (κ3) is 2.86. The molecule has 0 aromatic heterocycles. The lowest BCUT2D eigenvalue weighted by Crippen LogP contribution is -2.52. The fourth-order valence-electron chi connectivity index (χ4n) is 3.21. The fourth-order valence-corrected chi connectivity index (χ4v) is 3.21. The molecule has 3 N–H and O–H groups in total. The Hall–Kier alpha value is -0.610. The molecule has 2 aliphatic rings. The van der Waals surface area contributed by atoms with Crippen LogP contribution in [-0.4, -0.2) is 42.0 Å². The van der Waals surface area contributed by atoms with Crippen molar-refractivity contribution in [2.45, 2.75) is 64.1 Å². The van der Waals surface area contributed by atoms with E-state index in [1.807, 2.05) is 6.92 Å². The molecule has 0 aliphatic carbocycles. The third-order valence-electron chi connectivity index (χ3n) is 4.74. The van der Waals surface area contributed by atoms with E-state index in [-0.39, 0.29) is 17.9 Å². The Bertz CT molecular complexity index is 295. The summed E-state index contributed by atoms with van der Waals surface area (Å²) in [6.07, 6.45) is 5.87. The van der Waals surface area contributed by atoms with Crippen LogP contribution in [0.5, 0.6) is 0 Å².